The van der Waals surface area contributed by atoms with E-state index in [-0.39, 0.29) is 22.6 Å². The number of hydrogen-bond donors (Lipinski definition) is 0. The van der Waals surface area contributed by atoms with Crippen molar-refractivity contribution in [3.05, 3.63) is 59.2 Å². The third kappa shape index (κ3) is 5.80. The standard InChI is InChI=1S/C27H28O10/c1-15-10-18(36-26(28)16-11-20(30-2)24(34-6)21(12-16)31-3)8-9-19(15)37-27(29)17-13-22(32-4)25(35-7)23(14-17)33-5/h8-14H,1-7H3. The lowest BCUT2D eigenvalue weighted by Gasteiger charge is -2.15. The third-order valence-corrected chi connectivity index (χ3v) is 5.36. The van der Waals surface area contributed by atoms with Gasteiger partial charge in [-0.15, -0.1) is 0 Å². The van der Waals surface area contributed by atoms with Crippen LogP contribution >= 0.6 is 0 Å². The van der Waals surface area contributed by atoms with Crippen molar-refractivity contribution in [1.82, 2.24) is 0 Å². The van der Waals surface area contributed by atoms with Gasteiger partial charge in [-0.25, -0.2) is 9.59 Å². The summed E-state index contributed by atoms with van der Waals surface area (Å²) >= 11 is 0. The molecule has 0 amide bonds. The van der Waals surface area contributed by atoms with Gasteiger partial charge < -0.3 is 37.9 Å². The Balaban J connectivity index is 1.80. The number of carbonyl (C=O) groups is 2. The molecule has 3 rings (SSSR count). The molecule has 0 saturated carbocycles. The normalized spacial score (nSPS) is 10.2. The fourth-order valence-electron chi connectivity index (χ4n) is 3.52. The van der Waals surface area contributed by atoms with Crippen molar-refractivity contribution in [3.8, 4) is 46.0 Å². The number of aryl methyl sites for hydroxylation is 1. The second-order valence-corrected chi connectivity index (χ2v) is 7.53. The molecule has 0 aliphatic rings. The summed E-state index contributed by atoms with van der Waals surface area (Å²) in [6, 6.07) is 10.6. The second kappa shape index (κ2) is 11.9. The minimum atomic E-state index is -0.638. The summed E-state index contributed by atoms with van der Waals surface area (Å²) in [4.78, 5) is 25.6. The first-order valence-corrected chi connectivity index (χ1v) is 10.9. The van der Waals surface area contributed by atoms with Gasteiger partial charge >= 0.3 is 11.9 Å². The highest BCUT2D eigenvalue weighted by molar-refractivity contribution is 5.94. The van der Waals surface area contributed by atoms with Gasteiger partial charge in [0.25, 0.3) is 0 Å². The summed E-state index contributed by atoms with van der Waals surface area (Å²) in [6.07, 6.45) is 0. The van der Waals surface area contributed by atoms with E-state index >= 15 is 0 Å². The molecule has 196 valence electrons. The number of benzene rings is 3. The van der Waals surface area contributed by atoms with Crippen molar-refractivity contribution in [2.75, 3.05) is 42.7 Å². The van der Waals surface area contributed by atoms with Crippen LogP contribution < -0.4 is 37.9 Å². The Labute approximate surface area is 214 Å². The molecule has 0 atom stereocenters. The van der Waals surface area contributed by atoms with Gasteiger partial charge in [0.1, 0.15) is 11.5 Å². The predicted octanol–water partition coefficient (Wildman–Crippen LogP) is 4.49. The number of ether oxygens (including phenoxy) is 8. The van der Waals surface area contributed by atoms with Gasteiger partial charge in [-0.1, -0.05) is 0 Å². The summed E-state index contributed by atoms with van der Waals surface area (Å²) in [7, 11) is 8.75. The minimum absolute atomic E-state index is 0.199. The van der Waals surface area contributed by atoms with E-state index in [9.17, 15) is 9.59 Å². The zero-order valence-electron chi connectivity index (χ0n) is 21.6. The van der Waals surface area contributed by atoms with Crippen LogP contribution in [0.5, 0.6) is 46.0 Å². The highest BCUT2D eigenvalue weighted by atomic mass is 16.6. The smallest absolute Gasteiger partial charge is 0.343 e. The third-order valence-electron chi connectivity index (χ3n) is 5.36. The number of esters is 2. The van der Waals surface area contributed by atoms with Crippen LogP contribution in [0.1, 0.15) is 26.3 Å². The van der Waals surface area contributed by atoms with Crippen molar-refractivity contribution < 1.29 is 47.5 Å². The number of methoxy groups -OCH3 is 6. The Morgan fingerprint density at radius 1 is 0.514 bits per heavy atom. The molecule has 0 radical (unpaired) electrons. The fourth-order valence-corrected chi connectivity index (χ4v) is 3.52. The monoisotopic (exact) mass is 512 g/mol. The van der Waals surface area contributed by atoms with Gasteiger partial charge in [0.15, 0.2) is 23.0 Å². The predicted molar refractivity (Wildman–Crippen MR) is 133 cm³/mol. The van der Waals surface area contributed by atoms with E-state index in [0.29, 0.717) is 40.1 Å². The molecule has 0 unspecified atom stereocenters. The molecule has 10 nitrogen and oxygen atoms in total. The molecule has 37 heavy (non-hydrogen) atoms. The van der Waals surface area contributed by atoms with Crippen molar-refractivity contribution >= 4 is 11.9 Å². The molecular formula is C27H28O10. The molecule has 0 bridgehead atoms. The molecule has 3 aromatic carbocycles. The molecule has 3 aromatic rings. The van der Waals surface area contributed by atoms with E-state index in [0.717, 1.165) is 0 Å². The van der Waals surface area contributed by atoms with Crippen molar-refractivity contribution in [3.63, 3.8) is 0 Å². The number of hydrogen-bond acceptors (Lipinski definition) is 10. The zero-order chi connectivity index (χ0) is 27.1. The van der Waals surface area contributed by atoms with Gasteiger partial charge in [0.2, 0.25) is 11.5 Å². The second-order valence-electron chi connectivity index (χ2n) is 7.53. The van der Waals surface area contributed by atoms with Crippen LogP contribution in [0.25, 0.3) is 0 Å². The minimum Gasteiger partial charge on any atom is -0.493 e. The quantitative estimate of drug-likeness (QED) is 0.285. The van der Waals surface area contributed by atoms with E-state index in [2.05, 4.69) is 0 Å². The maximum absolute atomic E-state index is 12.8. The number of rotatable bonds is 10. The lowest BCUT2D eigenvalue weighted by Crippen LogP contribution is -2.11. The van der Waals surface area contributed by atoms with Crippen LogP contribution in [0.4, 0.5) is 0 Å². The van der Waals surface area contributed by atoms with Crippen LogP contribution in [0.15, 0.2) is 42.5 Å². The molecule has 0 N–H and O–H groups in total. The Morgan fingerprint density at radius 2 is 0.919 bits per heavy atom. The first-order chi connectivity index (χ1) is 17.8. The SMILES string of the molecule is COc1cc(C(=O)Oc2ccc(OC(=O)c3cc(OC)c(OC)c(OC)c3)c(C)c2)cc(OC)c1OC. The summed E-state index contributed by atoms with van der Waals surface area (Å²) in [5.41, 5.74) is 0.966. The van der Waals surface area contributed by atoms with Gasteiger partial charge in [0.05, 0.1) is 53.8 Å². The van der Waals surface area contributed by atoms with E-state index in [1.165, 1.54) is 79.1 Å². The van der Waals surface area contributed by atoms with Crippen molar-refractivity contribution in [2.45, 2.75) is 6.92 Å². The van der Waals surface area contributed by atoms with Gasteiger partial charge in [-0.3, -0.25) is 0 Å². The highest BCUT2D eigenvalue weighted by Crippen LogP contribution is 2.39. The Morgan fingerprint density at radius 3 is 1.27 bits per heavy atom. The van der Waals surface area contributed by atoms with Crippen LogP contribution in [0.2, 0.25) is 0 Å². The molecule has 0 aliphatic heterocycles. The lowest BCUT2D eigenvalue weighted by atomic mass is 10.1. The molecule has 0 aliphatic carbocycles. The van der Waals surface area contributed by atoms with E-state index in [4.69, 9.17) is 37.9 Å². The van der Waals surface area contributed by atoms with Crippen molar-refractivity contribution in [2.24, 2.45) is 0 Å². The fraction of sp³-hybridized carbons (Fsp3) is 0.259. The molecule has 10 heteroatoms. The summed E-state index contributed by atoms with van der Waals surface area (Å²) < 4.78 is 42.8. The van der Waals surface area contributed by atoms with Gasteiger partial charge in [0, 0.05) is 0 Å². The number of carbonyl (C=O) groups excluding carboxylic acids is 2. The molecule has 0 spiro atoms. The van der Waals surface area contributed by atoms with Crippen LogP contribution in [0.3, 0.4) is 0 Å². The Kier molecular flexibility index (Phi) is 8.68. The first-order valence-electron chi connectivity index (χ1n) is 10.9. The maximum Gasteiger partial charge on any atom is 0.343 e. The van der Waals surface area contributed by atoms with E-state index in [1.54, 1.807) is 13.0 Å². The Hall–Kier alpha value is -4.60. The maximum atomic E-state index is 12.8. The average molecular weight is 513 g/mol. The van der Waals surface area contributed by atoms with Gasteiger partial charge in [-0.2, -0.15) is 0 Å². The average Bonchev–Trinajstić information content (AvgIpc) is 2.92. The summed E-state index contributed by atoms with van der Waals surface area (Å²) in [5, 5.41) is 0. The Bertz CT molecular complexity index is 1250. The molecule has 0 heterocycles. The largest absolute Gasteiger partial charge is 0.493 e. The topological polar surface area (TPSA) is 108 Å². The lowest BCUT2D eigenvalue weighted by molar-refractivity contribution is 0.0717. The van der Waals surface area contributed by atoms with Crippen molar-refractivity contribution in [1.29, 1.82) is 0 Å². The van der Waals surface area contributed by atoms with E-state index < -0.39 is 11.9 Å². The summed E-state index contributed by atoms with van der Waals surface area (Å²) in [5.74, 6) is 1.25. The first kappa shape index (κ1) is 27.0. The van der Waals surface area contributed by atoms with Crippen LogP contribution in [-0.2, 0) is 0 Å². The van der Waals surface area contributed by atoms with Gasteiger partial charge in [-0.05, 0) is 55.0 Å². The molecule has 0 aromatic heterocycles. The van der Waals surface area contributed by atoms with Crippen LogP contribution in [-0.4, -0.2) is 54.6 Å². The van der Waals surface area contributed by atoms with E-state index in [1.807, 2.05) is 0 Å². The molecule has 0 saturated heterocycles. The summed E-state index contributed by atoms with van der Waals surface area (Å²) in [6.45, 7) is 1.72. The zero-order valence-corrected chi connectivity index (χ0v) is 21.6. The molecule has 0 fully saturated rings. The van der Waals surface area contributed by atoms with Crippen LogP contribution in [0, 0.1) is 6.92 Å². The molecular weight excluding hydrogens is 484 g/mol. The highest BCUT2D eigenvalue weighted by Gasteiger charge is 2.21.